The van der Waals surface area contributed by atoms with Gasteiger partial charge in [0.15, 0.2) is 18.1 Å². The predicted molar refractivity (Wildman–Crippen MR) is 132 cm³/mol. The molecule has 0 fully saturated rings. The van der Waals surface area contributed by atoms with Crippen LogP contribution < -0.4 is 20.1 Å². The number of ether oxygens (including phenoxy) is 2. The van der Waals surface area contributed by atoms with E-state index in [0.29, 0.717) is 27.5 Å². The minimum atomic E-state index is -0.252. The highest BCUT2D eigenvalue weighted by Crippen LogP contribution is 2.37. The lowest BCUT2D eigenvalue weighted by atomic mass is 10.2. The molecule has 1 amide bonds. The van der Waals surface area contributed by atoms with Crippen molar-refractivity contribution in [2.24, 2.45) is 0 Å². The summed E-state index contributed by atoms with van der Waals surface area (Å²) in [5, 5.41) is 6.78. The number of carbonyl (C=O) groups excluding carboxylic acids is 1. The summed E-state index contributed by atoms with van der Waals surface area (Å²) in [4.78, 5) is 12.3. The number of benzene rings is 3. The van der Waals surface area contributed by atoms with Crippen molar-refractivity contribution >= 4 is 60.7 Å². The topological polar surface area (TPSA) is 59.6 Å². The first-order valence-corrected chi connectivity index (χ1v) is 11.4. The molecule has 0 saturated carbocycles. The second kappa shape index (κ2) is 10.9. The lowest BCUT2D eigenvalue weighted by molar-refractivity contribution is -0.118. The Morgan fingerprint density at radius 2 is 1.84 bits per heavy atom. The van der Waals surface area contributed by atoms with Gasteiger partial charge in [0.2, 0.25) is 0 Å². The molecule has 3 rings (SSSR count). The van der Waals surface area contributed by atoms with Gasteiger partial charge in [-0.05, 0) is 92.4 Å². The van der Waals surface area contributed by atoms with Gasteiger partial charge in [0, 0.05) is 22.4 Å². The molecule has 162 valence electrons. The SMILES string of the molecule is COc1cc(CNc2ccc(Br)c(Cl)c2)cc(Br)c1OCC(=O)Nc1cccc(C)c1. The molecule has 0 spiro atoms. The second-order valence-corrected chi connectivity index (χ2v) is 8.91. The van der Waals surface area contributed by atoms with Crippen molar-refractivity contribution in [3.63, 3.8) is 0 Å². The molecule has 3 aromatic rings. The summed E-state index contributed by atoms with van der Waals surface area (Å²) in [6, 6.07) is 17.1. The lowest BCUT2D eigenvalue weighted by Gasteiger charge is -2.15. The van der Waals surface area contributed by atoms with Gasteiger partial charge in [-0.15, -0.1) is 0 Å². The van der Waals surface area contributed by atoms with Crippen LogP contribution in [0.4, 0.5) is 11.4 Å². The molecule has 2 N–H and O–H groups in total. The molecule has 0 aliphatic heterocycles. The van der Waals surface area contributed by atoms with Crippen molar-refractivity contribution in [3.05, 3.63) is 79.7 Å². The van der Waals surface area contributed by atoms with Crippen LogP contribution in [0, 0.1) is 6.92 Å². The fraction of sp³-hybridized carbons (Fsp3) is 0.174. The van der Waals surface area contributed by atoms with Gasteiger partial charge in [0.25, 0.3) is 5.91 Å². The molecule has 0 aliphatic carbocycles. The van der Waals surface area contributed by atoms with E-state index in [2.05, 4.69) is 42.5 Å². The first-order chi connectivity index (χ1) is 14.9. The van der Waals surface area contributed by atoms with Crippen molar-refractivity contribution in [2.75, 3.05) is 24.4 Å². The van der Waals surface area contributed by atoms with E-state index in [1.807, 2.05) is 61.5 Å². The number of nitrogens with one attached hydrogen (secondary N) is 2. The van der Waals surface area contributed by atoms with Gasteiger partial charge < -0.3 is 20.1 Å². The van der Waals surface area contributed by atoms with E-state index >= 15 is 0 Å². The highest BCUT2D eigenvalue weighted by molar-refractivity contribution is 9.10. The number of aryl methyl sites for hydroxylation is 1. The van der Waals surface area contributed by atoms with Crippen LogP contribution in [0.3, 0.4) is 0 Å². The molecular weight excluding hydrogens is 548 g/mol. The minimum Gasteiger partial charge on any atom is -0.493 e. The number of anilines is 2. The molecule has 0 aromatic heterocycles. The smallest absolute Gasteiger partial charge is 0.262 e. The van der Waals surface area contributed by atoms with Crippen LogP contribution in [0.2, 0.25) is 5.02 Å². The number of hydrogen-bond donors (Lipinski definition) is 2. The molecule has 8 heteroatoms. The van der Waals surface area contributed by atoms with Gasteiger partial charge in [-0.3, -0.25) is 4.79 Å². The van der Waals surface area contributed by atoms with Crippen LogP contribution >= 0.6 is 43.5 Å². The largest absolute Gasteiger partial charge is 0.493 e. The molecule has 0 saturated heterocycles. The quantitative estimate of drug-likeness (QED) is 0.313. The molecule has 31 heavy (non-hydrogen) atoms. The fourth-order valence-corrected chi connectivity index (χ4v) is 3.91. The Labute approximate surface area is 203 Å². The van der Waals surface area contributed by atoms with E-state index in [1.54, 1.807) is 7.11 Å². The number of rotatable bonds is 8. The maximum absolute atomic E-state index is 12.3. The molecule has 5 nitrogen and oxygen atoms in total. The molecule has 0 radical (unpaired) electrons. The Hall–Kier alpha value is -2.22. The number of hydrogen-bond acceptors (Lipinski definition) is 4. The van der Waals surface area contributed by atoms with E-state index in [0.717, 1.165) is 27.0 Å². The Balaban J connectivity index is 1.64. The minimum absolute atomic E-state index is 0.141. The highest BCUT2D eigenvalue weighted by atomic mass is 79.9. The lowest BCUT2D eigenvalue weighted by Crippen LogP contribution is -2.20. The third kappa shape index (κ3) is 6.63. The standard InChI is InChI=1S/C23H21Br2ClN2O3/c1-14-4-3-5-17(8-14)28-22(29)13-31-23-19(25)9-15(10-21(23)30-2)12-27-16-6-7-18(24)20(26)11-16/h3-11,27H,12-13H2,1-2H3,(H,28,29). The summed E-state index contributed by atoms with van der Waals surface area (Å²) in [5.41, 5.74) is 3.67. The normalized spacial score (nSPS) is 10.5. The fourth-order valence-electron chi connectivity index (χ4n) is 2.88. The molecule has 0 heterocycles. The molecule has 0 bridgehead atoms. The molecule has 3 aromatic carbocycles. The van der Waals surface area contributed by atoms with Crippen molar-refractivity contribution < 1.29 is 14.3 Å². The number of halogens is 3. The summed E-state index contributed by atoms with van der Waals surface area (Å²) >= 11 is 13.0. The van der Waals surface area contributed by atoms with Crippen LogP contribution in [-0.4, -0.2) is 19.6 Å². The first kappa shape index (κ1) is 23.4. The van der Waals surface area contributed by atoms with Crippen LogP contribution in [0.15, 0.2) is 63.5 Å². The monoisotopic (exact) mass is 566 g/mol. The Morgan fingerprint density at radius 1 is 1.03 bits per heavy atom. The van der Waals surface area contributed by atoms with Crippen molar-refractivity contribution in [3.8, 4) is 11.5 Å². The molecule has 0 aliphatic rings. The maximum Gasteiger partial charge on any atom is 0.262 e. The zero-order valence-corrected chi connectivity index (χ0v) is 20.9. The predicted octanol–water partition coefficient (Wildman–Crippen LogP) is 6.81. The van der Waals surface area contributed by atoms with Crippen LogP contribution in [0.25, 0.3) is 0 Å². The summed E-state index contributed by atoms with van der Waals surface area (Å²) in [5.74, 6) is 0.748. The summed E-state index contributed by atoms with van der Waals surface area (Å²) < 4.78 is 12.8. The Kier molecular flexibility index (Phi) is 8.23. The van der Waals surface area contributed by atoms with Crippen molar-refractivity contribution in [2.45, 2.75) is 13.5 Å². The van der Waals surface area contributed by atoms with E-state index in [-0.39, 0.29) is 12.5 Å². The summed E-state index contributed by atoms with van der Waals surface area (Å²) in [6.07, 6.45) is 0. The van der Waals surface area contributed by atoms with E-state index < -0.39 is 0 Å². The van der Waals surface area contributed by atoms with Gasteiger partial charge in [-0.1, -0.05) is 23.7 Å². The summed E-state index contributed by atoms with van der Waals surface area (Å²) in [6.45, 7) is 2.38. The van der Waals surface area contributed by atoms with E-state index in [9.17, 15) is 4.79 Å². The van der Waals surface area contributed by atoms with Crippen LogP contribution in [0.5, 0.6) is 11.5 Å². The average molecular weight is 569 g/mol. The van der Waals surface area contributed by atoms with Gasteiger partial charge in [-0.2, -0.15) is 0 Å². The maximum atomic E-state index is 12.3. The van der Waals surface area contributed by atoms with E-state index in [4.69, 9.17) is 21.1 Å². The number of carbonyl (C=O) groups is 1. The van der Waals surface area contributed by atoms with Crippen LogP contribution in [-0.2, 0) is 11.3 Å². The van der Waals surface area contributed by atoms with Gasteiger partial charge >= 0.3 is 0 Å². The van der Waals surface area contributed by atoms with Gasteiger partial charge in [-0.25, -0.2) is 0 Å². The Morgan fingerprint density at radius 3 is 2.55 bits per heavy atom. The van der Waals surface area contributed by atoms with Crippen molar-refractivity contribution in [1.29, 1.82) is 0 Å². The average Bonchev–Trinajstić information content (AvgIpc) is 2.73. The van der Waals surface area contributed by atoms with Gasteiger partial charge in [0.05, 0.1) is 16.6 Å². The summed E-state index contributed by atoms with van der Waals surface area (Å²) in [7, 11) is 1.56. The number of amides is 1. The first-order valence-electron chi connectivity index (χ1n) is 9.40. The number of methoxy groups -OCH3 is 1. The van der Waals surface area contributed by atoms with Gasteiger partial charge in [0.1, 0.15) is 0 Å². The molecule has 0 atom stereocenters. The highest BCUT2D eigenvalue weighted by Gasteiger charge is 2.14. The second-order valence-electron chi connectivity index (χ2n) is 6.80. The third-order valence-corrected chi connectivity index (χ3v) is 6.18. The zero-order chi connectivity index (χ0) is 22.4. The molecular formula is C23H21Br2ClN2O3. The van der Waals surface area contributed by atoms with Crippen LogP contribution in [0.1, 0.15) is 11.1 Å². The van der Waals surface area contributed by atoms with E-state index in [1.165, 1.54) is 0 Å². The Bertz CT molecular complexity index is 1090. The van der Waals surface area contributed by atoms with Crippen molar-refractivity contribution in [1.82, 2.24) is 0 Å². The zero-order valence-electron chi connectivity index (χ0n) is 17.0. The molecule has 0 unspecified atom stereocenters. The third-order valence-electron chi connectivity index (χ3n) is 4.35.